The first-order valence-corrected chi connectivity index (χ1v) is 7.92. The van der Waals surface area contributed by atoms with Crippen molar-refractivity contribution in [2.75, 3.05) is 19.6 Å². The molecule has 0 spiro atoms. The monoisotopic (exact) mass is 267 g/mol. The maximum atomic E-state index is 12.0. The molecule has 3 N–H and O–H groups in total. The third kappa shape index (κ3) is 3.29. The number of hydrogen-bond acceptors (Lipinski definition) is 3. The van der Waals surface area contributed by atoms with Gasteiger partial charge in [0.05, 0.1) is 0 Å². The highest BCUT2D eigenvalue weighted by Crippen LogP contribution is 2.40. The second-order valence-electron chi connectivity index (χ2n) is 6.16. The van der Waals surface area contributed by atoms with Crippen LogP contribution in [0.2, 0.25) is 0 Å². The van der Waals surface area contributed by atoms with E-state index in [0.29, 0.717) is 12.0 Å². The fourth-order valence-corrected chi connectivity index (χ4v) is 3.52. The minimum absolute atomic E-state index is 0.124. The Labute approximate surface area is 117 Å². The molecule has 2 rings (SSSR count). The van der Waals surface area contributed by atoms with Crippen LogP contribution in [-0.4, -0.2) is 42.0 Å². The van der Waals surface area contributed by atoms with Crippen LogP contribution in [-0.2, 0) is 4.79 Å². The van der Waals surface area contributed by atoms with E-state index in [4.69, 9.17) is 5.73 Å². The summed E-state index contributed by atoms with van der Waals surface area (Å²) in [4.78, 5) is 14.5. The highest BCUT2D eigenvalue weighted by molar-refractivity contribution is 5.85. The molecule has 1 amide bonds. The van der Waals surface area contributed by atoms with Crippen LogP contribution >= 0.6 is 0 Å². The van der Waals surface area contributed by atoms with E-state index < -0.39 is 5.54 Å². The van der Waals surface area contributed by atoms with Crippen molar-refractivity contribution in [2.24, 2.45) is 11.7 Å². The van der Waals surface area contributed by atoms with Crippen molar-refractivity contribution < 1.29 is 4.79 Å². The van der Waals surface area contributed by atoms with E-state index in [1.165, 1.54) is 12.8 Å². The Morgan fingerprint density at radius 3 is 2.53 bits per heavy atom. The first-order valence-electron chi connectivity index (χ1n) is 7.92. The summed E-state index contributed by atoms with van der Waals surface area (Å²) in [5.41, 5.74) is 5.35. The van der Waals surface area contributed by atoms with Gasteiger partial charge in [0, 0.05) is 6.04 Å². The fourth-order valence-electron chi connectivity index (χ4n) is 3.52. The zero-order valence-corrected chi connectivity index (χ0v) is 12.5. The third-order valence-corrected chi connectivity index (χ3v) is 4.99. The lowest BCUT2D eigenvalue weighted by Gasteiger charge is -2.35. The molecule has 0 bridgehead atoms. The second-order valence-corrected chi connectivity index (χ2v) is 6.16. The van der Waals surface area contributed by atoms with Crippen molar-refractivity contribution in [2.45, 2.75) is 64.0 Å². The van der Waals surface area contributed by atoms with Crippen LogP contribution in [0.5, 0.6) is 0 Å². The number of rotatable bonds is 8. The van der Waals surface area contributed by atoms with Crippen molar-refractivity contribution in [3.05, 3.63) is 0 Å². The standard InChI is InChI=1S/C15H29N3O/c1-3-18(4-2)11-9-12-6-5-10-15(12,14(16)19)17-13-7-8-13/h12-13,17H,3-11H2,1-2H3,(H2,16,19). The van der Waals surface area contributed by atoms with Crippen LogP contribution in [0, 0.1) is 5.92 Å². The van der Waals surface area contributed by atoms with Crippen molar-refractivity contribution in [1.82, 2.24) is 10.2 Å². The average molecular weight is 267 g/mol. The lowest BCUT2D eigenvalue weighted by atomic mass is 9.83. The summed E-state index contributed by atoms with van der Waals surface area (Å²) in [6.07, 6.45) is 6.71. The second kappa shape index (κ2) is 6.23. The molecule has 0 radical (unpaired) electrons. The third-order valence-electron chi connectivity index (χ3n) is 4.99. The van der Waals surface area contributed by atoms with Crippen LogP contribution in [0.4, 0.5) is 0 Å². The predicted octanol–water partition coefficient (Wildman–Crippen LogP) is 1.49. The lowest BCUT2D eigenvalue weighted by molar-refractivity contribution is -0.126. The Hall–Kier alpha value is -0.610. The molecule has 2 aliphatic carbocycles. The number of primary amides is 1. The van der Waals surface area contributed by atoms with Crippen LogP contribution in [0.1, 0.15) is 52.4 Å². The number of amides is 1. The Kier molecular flexibility index (Phi) is 4.85. The lowest BCUT2D eigenvalue weighted by Crippen LogP contribution is -2.59. The van der Waals surface area contributed by atoms with E-state index >= 15 is 0 Å². The van der Waals surface area contributed by atoms with E-state index in [9.17, 15) is 4.79 Å². The largest absolute Gasteiger partial charge is 0.368 e. The summed E-state index contributed by atoms with van der Waals surface area (Å²) in [5.74, 6) is 0.299. The fraction of sp³-hybridized carbons (Fsp3) is 0.933. The Bertz CT molecular complexity index is 313. The summed E-state index contributed by atoms with van der Waals surface area (Å²) in [5, 5.41) is 3.58. The van der Waals surface area contributed by atoms with Crippen LogP contribution < -0.4 is 11.1 Å². The van der Waals surface area contributed by atoms with Gasteiger partial charge in [-0.05, 0) is 57.7 Å². The van der Waals surface area contributed by atoms with Crippen LogP contribution in [0.3, 0.4) is 0 Å². The van der Waals surface area contributed by atoms with Crippen molar-refractivity contribution in [3.63, 3.8) is 0 Å². The number of hydrogen-bond donors (Lipinski definition) is 2. The molecule has 4 nitrogen and oxygen atoms in total. The number of carbonyl (C=O) groups is 1. The van der Waals surface area contributed by atoms with Crippen LogP contribution in [0.25, 0.3) is 0 Å². The molecule has 2 fully saturated rings. The topological polar surface area (TPSA) is 58.4 Å². The molecule has 110 valence electrons. The van der Waals surface area contributed by atoms with Gasteiger partial charge in [-0.1, -0.05) is 20.3 Å². The minimum Gasteiger partial charge on any atom is -0.368 e. The van der Waals surface area contributed by atoms with E-state index in [1.54, 1.807) is 0 Å². The smallest absolute Gasteiger partial charge is 0.238 e. The highest BCUT2D eigenvalue weighted by Gasteiger charge is 2.49. The van der Waals surface area contributed by atoms with Gasteiger partial charge < -0.3 is 16.0 Å². The molecular weight excluding hydrogens is 238 g/mol. The van der Waals surface area contributed by atoms with E-state index in [0.717, 1.165) is 45.3 Å². The minimum atomic E-state index is -0.408. The maximum absolute atomic E-state index is 12.0. The Morgan fingerprint density at radius 2 is 2.00 bits per heavy atom. The van der Waals surface area contributed by atoms with Crippen molar-refractivity contribution in [3.8, 4) is 0 Å². The number of carbonyl (C=O) groups excluding carboxylic acids is 1. The zero-order valence-electron chi connectivity index (χ0n) is 12.5. The summed E-state index contributed by atoms with van der Waals surface area (Å²) < 4.78 is 0. The normalized spacial score (nSPS) is 31.0. The number of nitrogens with two attached hydrogens (primary N) is 1. The molecular formula is C15H29N3O. The van der Waals surface area contributed by atoms with E-state index in [-0.39, 0.29) is 5.91 Å². The highest BCUT2D eigenvalue weighted by atomic mass is 16.1. The van der Waals surface area contributed by atoms with Gasteiger partial charge in [-0.15, -0.1) is 0 Å². The Balaban J connectivity index is 1.98. The van der Waals surface area contributed by atoms with Gasteiger partial charge >= 0.3 is 0 Å². The van der Waals surface area contributed by atoms with E-state index in [1.807, 2.05) is 0 Å². The van der Waals surface area contributed by atoms with Gasteiger partial charge in [0.1, 0.15) is 5.54 Å². The maximum Gasteiger partial charge on any atom is 0.238 e. The molecule has 0 aliphatic heterocycles. The summed E-state index contributed by atoms with van der Waals surface area (Å²) in [7, 11) is 0. The molecule has 19 heavy (non-hydrogen) atoms. The van der Waals surface area contributed by atoms with Gasteiger partial charge in [-0.3, -0.25) is 4.79 Å². The zero-order chi connectivity index (χ0) is 13.9. The van der Waals surface area contributed by atoms with Crippen molar-refractivity contribution in [1.29, 1.82) is 0 Å². The van der Waals surface area contributed by atoms with Crippen molar-refractivity contribution >= 4 is 5.91 Å². The molecule has 4 heteroatoms. The summed E-state index contributed by atoms with van der Waals surface area (Å²) >= 11 is 0. The average Bonchev–Trinajstić information content (AvgIpc) is 3.10. The molecule has 2 saturated carbocycles. The molecule has 2 aliphatic rings. The summed E-state index contributed by atoms with van der Waals surface area (Å²) in [6, 6.07) is 0.543. The Morgan fingerprint density at radius 1 is 1.32 bits per heavy atom. The molecule has 0 aromatic carbocycles. The predicted molar refractivity (Wildman–Crippen MR) is 77.8 cm³/mol. The summed E-state index contributed by atoms with van der Waals surface area (Å²) in [6.45, 7) is 7.65. The van der Waals surface area contributed by atoms with E-state index in [2.05, 4.69) is 24.1 Å². The van der Waals surface area contributed by atoms with Gasteiger partial charge in [0.25, 0.3) is 0 Å². The quantitative estimate of drug-likeness (QED) is 0.700. The van der Waals surface area contributed by atoms with Gasteiger partial charge in [0.2, 0.25) is 5.91 Å². The number of nitrogens with one attached hydrogen (secondary N) is 1. The molecule has 2 unspecified atom stereocenters. The molecule has 0 heterocycles. The first-order chi connectivity index (χ1) is 9.12. The van der Waals surface area contributed by atoms with Gasteiger partial charge in [0.15, 0.2) is 0 Å². The molecule has 0 saturated heterocycles. The first kappa shape index (κ1) is 14.8. The van der Waals surface area contributed by atoms with Crippen LogP contribution in [0.15, 0.2) is 0 Å². The number of nitrogens with zero attached hydrogens (tertiary/aromatic N) is 1. The van der Waals surface area contributed by atoms with Gasteiger partial charge in [-0.2, -0.15) is 0 Å². The molecule has 0 aromatic heterocycles. The van der Waals surface area contributed by atoms with Gasteiger partial charge in [-0.25, -0.2) is 0 Å². The SMILES string of the molecule is CCN(CC)CCC1CCCC1(NC1CC1)C(N)=O. The molecule has 0 aromatic rings. The molecule has 2 atom stereocenters.